The molecule has 2 N–H and O–H groups in total. The monoisotopic (exact) mass is 427 g/mol. The van der Waals surface area contributed by atoms with Crippen molar-refractivity contribution in [3.8, 4) is 11.4 Å². The van der Waals surface area contributed by atoms with Gasteiger partial charge in [0.05, 0.1) is 18.0 Å². The van der Waals surface area contributed by atoms with Crippen LogP contribution in [0, 0.1) is 0 Å². The van der Waals surface area contributed by atoms with E-state index in [1.165, 1.54) is 18.4 Å². The van der Waals surface area contributed by atoms with Crippen LogP contribution in [0.3, 0.4) is 0 Å². The summed E-state index contributed by atoms with van der Waals surface area (Å²) in [7, 11) is 1.94. The maximum absolute atomic E-state index is 5.10. The van der Waals surface area contributed by atoms with E-state index in [2.05, 4.69) is 30.5 Å². The fraction of sp³-hybridized carbons (Fsp3) is 0.348. The van der Waals surface area contributed by atoms with Crippen LogP contribution in [-0.4, -0.2) is 55.7 Å². The van der Waals surface area contributed by atoms with Crippen molar-refractivity contribution in [2.45, 2.75) is 18.8 Å². The van der Waals surface area contributed by atoms with Crippen LogP contribution in [0.25, 0.3) is 22.3 Å². The number of nitrogens with one attached hydrogen (secondary N) is 2. The first kappa shape index (κ1) is 19.1. The molecule has 0 spiro atoms. The minimum absolute atomic E-state index is 0.581. The predicted octanol–water partition coefficient (Wildman–Crippen LogP) is 2.85. The van der Waals surface area contributed by atoms with Gasteiger partial charge in [0.25, 0.3) is 0 Å². The van der Waals surface area contributed by atoms with E-state index >= 15 is 0 Å². The van der Waals surface area contributed by atoms with E-state index in [0.717, 1.165) is 54.3 Å². The van der Waals surface area contributed by atoms with Crippen LogP contribution in [0.15, 0.2) is 43.2 Å². The van der Waals surface area contributed by atoms with Gasteiger partial charge in [-0.1, -0.05) is 0 Å². The molecule has 9 nitrogen and oxygen atoms in total. The summed E-state index contributed by atoms with van der Waals surface area (Å²) in [6.45, 7) is 3.78. The molecule has 0 amide bonds. The van der Waals surface area contributed by atoms with Crippen LogP contribution in [0.4, 0.5) is 17.5 Å². The Kier molecular flexibility index (Phi) is 4.68. The van der Waals surface area contributed by atoms with Gasteiger partial charge in [-0.25, -0.2) is 19.9 Å². The van der Waals surface area contributed by atoms with E-state index in [9.17, 15) is 0 Å². The second-order valence-electron chi connectivity index (χ2n) is 8.48. The smallest absolute Gasteiger partial charge is 0.162 e. The van der Waals surface area contributed by atoms with Gasteiger partial charge in [-0.3, -0.25) is 4.98 Å². The van der Waals surface area contributed by atoms with Gasteiger partial charge in [0.2, 0.25) is 0 Å². The van der Waals surface area contributed by atoms with E-state index in [0.29, 0.717) is 17.6 Å². The van der Waals surface area contributed by atoms with Gasteiger partial charge in [-0.2, -0.15) is 0 Å². The molecule has 0 radical (unpaired) electrons. The van der Waals surface area contributed by atoms with E-state index < -0.39 is 0 Å². The SMILES string of the molecule is Cn1cnc(Nc2cc(-c3nc(N4CCNCC4)c4c(C5CC5)cncc4n3)ccn2)c1. The third-order valence-electron chi connectivity index (χ3n) is 6.03. The highest BCUT2D eigenvalue weighted by molar-refractivity contribution is 5.94. The fourth-order valence-electron chi connectivity index (χ4n) is 4.27. The molecule has 1 saturated carbocycles. The van der Waals surface area contributed by atoms with Gasteiger partial charge in [0.1, 0.15) is 17.5 Å². The summed E-state index contributed by atoms with van der Waals surface area (Å²) in [5, 5.41) is 7.85. The Hall–Kier alpha value is -3.59. The van der Waals surface area contributed by atoms with Crippen LogP contribution in [0.5, 0.6) is 0 Å². The summed E-state index contributed by atoms with van der Waals surface area (Å²) in [6.07, 6.45) is 11.8. The molecule has 9 heteroatoms. The number of hydrogen-bond acceptors (Lipinski definition) is 8. The molecule has 6 rings (SSSR count). The number of rotatable bonds is 5. The van der Waals surface area contributed by atoms with Crippen LogP contribution in [0.2, 0.25) is 0 Å². The molecule has 1 aliphatic heterocycles. The first-order valence-electron chi connectivity index (χ1n) is 11.1. The molecule has 32 heavy (non-hydrogen) atoms. The Labute approximate surface area is 186 Å². The van der Waals surface area contributed by atoms with Crippen molar-refractivity contribution in [2.24, 2.45) is 7.05 Å². The summed E-state index contributed by atoms with van der Waals surface area (Å²) in [5.41, 5.74) is 3.10. The maximum atomic E-state index is 5.10. The molecular formula is C23H25N9. The molecule has 4 aromatic rings. The molecule has 0 atom stereocenters. The molecule has 4 aromatic heterocycles. The Morgan fingerprint density at radius 1 is 1.06 bits per heavy atom. The van der Waals surface area contributed by atoms with Gasteiger partial charge in [0.15, 0.2) is 5.82 Å². The van der Waals surface area contributed by atoms with Crippen LogP contribution in [-0.2, 0) is 7.05 Å². The number of nitrogens with zero attached hydrogens (tertiary/aromatic N) is 7. The second-order valence-corrected chi connectivity index (χ2v) is 8.48. The number of fused-ring (bicyclic) bond motifs is 1. The lowest BCUT2D eigenvalue weighted by atomic mass is 10.1. The molecule has 2 fully saturated rings. The second kappa shape index (κ2) is 7.83. The Bertz CT molecular complexity index is 1270. The van der Waals surface area contributed by atoms with Gasteiger partial charge in [0, 0.05) is 62.8 Å². The molecule has 2 aliphatic rings. The maximum Gasteiger partial charge on any atom is 0.162 e. The standard InChI is InChI=1S/C23H25N9/c1-31-13-20(27-14-31)29-19-10-16(4-5-26-19)22-28-18-12-25-11-17(15-2-3-15)21(18)23(30-22)32-8-6-24-7-9-32/h4-5,10-15,24H,2-3,6-9H2,1H3,(H,26,29). The quantitative estimate of drug-likeness (QED) is 0.502. The average molecular weight is 428 g/mol. The number of pyridine rings is 2. The van der Waals surface area contributed by atoms with Gasteiger partial charge < -0.3 is 20.1 Å². The van der Waals surface area contributed by atoms with Crippen molar-refractivity contribution in [1.82, 2.24) is 34.8 Å². The van der Waals surface area contributed by atoms with Crippen molar-refractivity contribution < 1.29 is 0 Å². The highest BCUT2D eigenvalue weighted by Crippen LogP contribution is 2.44. The minimum Gasteiger partial charge on any atom is -0.353 e. The summed E-state index contributed by atoms with van der Waals surface area (Å²) in [4.78, 5) is 25.7. The summed E-state index contributed by atoms with van der Waals surface area (Å²) < 4.78 is 1.89. The van der Waals surface area contributed by atoms with Gasteiger partial charge in [-0.05, 0) is 36.5 Å². The summed E-state index contributed by atoms with van der Waals surface area (Å²) in [5.74, 6) is 3.74. The molecule has 162 valence electrons. The zero-order valence-corrected chi connectivity index (χ0v) is 18.0. The van der Waals surface area contributed by atoms with Crippen LogP contribution in [0.1, 0.15) is 24.3 Å². The largest absolute Gasteiger partial charge is 0.353 e. The average Bonchev–Trinajstić information content (AvgIpc) is 3.60. The molecule has 1 aliphatic carbocycles. The molecule has 0 aromatic carbocycles. The number of imidazole rings is 1. The normalized spacial score (nSPS) is 16.5. The first-order valence-corrected chi connectivity index (χ1v) is 11.1. The Balaban J connectivity index is 1.45. The van der Waals surface area contributed by atoms with Crippen LogP contribution < -0.4 is 15.5 Å². The lowest BCUT2D eigenvalue weighted by Gasteiger charge is -2.30. The lowest BCUT2D eigenvalue weighted by Crippen LogP contribution is -2.44. The number of aromatic nitrogens is 6. The molecule has 1 saturated heterocycles. The molecular weight excluding hydrogens is 402 g/mol. The molecule has 0 unspecified atom stereocenters. The van der Waals surface area contributed by atoms with E-state index in [-0.39, 0.29) is 0 Å². The predicted molar refractivity (Wildman–Crippen MR) is 124 cm³/mol. The van der Waals surface area contributed by atoms with E-state index in [4.69, 9.17) is 9.97 Å². The third-order valence-corrected chi connectivity index (χ3v) is 6.03. The third kappa shape index (κ3) is 3.64. The first-order chi connectivity index (χ1) is 15.7. The van der Waals surface area contributed by atoms with Gasteiger partial charge in [-0.15, -0.1) is 0 Å². The van der Waals surface area contributed by atoms with E-state index in [1.54, 1.807) is 12.5 Å². The van der Waals surface area contributed by atoms with Crippen molar-refractivity contribution in [2.75, 3.05) is 36.4 Å². The van der Waals surface area contributed by atoms with Crippen molar-refractivity contribution in [1.29, 1.82) is 0 Å². The van der Waals surface area contributed by atoms with Crippen molar-refractivity contribution in [3.05, 3.63) is 48.8 Å². The topological polar surface area (TPSA) is 96.7 Å². The fourth-order valence-corrected chi connectivity index (χ4v) is 4.27. The Morgan fingerprint density at radius 2 is 1.94 bits per heavy atom. The van der Waals surface area contributed by atoms with Crippen molar-refractivity contribution in [3.63, 3.8) is 0 Å². The number of aryl methyl sites for hydroxylation is 1. The van der Waals surface area contributed by atoms with Crippen molar-refractivity contribution >= 4 is 28.4 Å². The zero-order chi connectivity index (χ0) is 21.5. The highest BCUT2D eigenvalue weighted by Gasteiger charge is 2.29. The number of hydrogen-bond donors (Lipinski definition) is 2. The number of anilines is 3. The Morgan fingerprint density at radius 3 is 2.72 bits per heavy atom. The highest BCUT2D eigenvalue weighted by atomic mass is 15.2. The molecule has 5 heterocycles. The number of piperazine rings is 1. The van der Waals surface area contributed by atoms with Gasteiger partial charge >= 0.3 is 0 Å². The summed E-state index contributed by atoms with van der Waals surface area (Å²) >= 11 is 0. The minimum atomic E-state index is 0.581. The van der Waals surface area contributed by atoms with Crippen LogP contribution >= 0.6 is 0 Å². The molecule has 0 bridgehead atoms. The summed E-state index contributed by atoms with van der Waals surface area (Å²) in [6, 6.07) is 3.92. The lowest BCUT2D eigenvalue weighted by molar-refractivity contribution is 0.586. The van der Waals surface area contributed by atoms with E-state index in [1.807, 2.05) is 42.3 Å². The zero-order valence-electron chi connectivity index (χ0n) is 18.0.